The molecule has 0 aliphatic carbocycles. The van der Waals surface area contributed by atoms with E-state index in [1.54, 1.807) is 24.3 Å². The summed E-state index contributed by atoms with van der Waals surface area (Å²) in [4.78, 5) is 12.0. The Labute approximate surface area is 116 Å². The van der Waals surface area contributed by atoms with Crippen LogP contribution in [0.2, 0.25) is 0 Å². The molecule has 102 valence electrons. The van der Waals surface area contributed by atoms with Crippen LogP contribution in [-0.2, 0) is 0 Å². The molecule has 0 atom stereocenters. The van der Waals surface area contributed by atoms with Crippen molar-refractivity contribution in [1.29, 1.82) is 0 Å². The van der Waals surface area contributed by atoms with Crippen molar-refractivity contribution in [3.05, 3.63) is 53.6 Å². The molecule has 0 saturated carbocycles. The van der Waals surface area contributed by atoms with Gasteiger partial charge in [0.2, 0.25) is 6.79 Å². The van der Waals surface area contributed by atoms with Crippen molar-refractivity contribution in [2.75, 3.05) is 13.4 Å². The Morgan fingerprint density at radius 1 is 1.15 bits per heavy atom. The van der Waals surface area contributed by atoms with Crippen LogP contribution in [0.3, 0.4) is 0 Å². The van der Waals surface area contributed by atoms with Gasteiger partial charge in [-0.05, 0) is 25.1 Å². The lowest BCUT2D eigenvalue weighted by Crippen LogP contribution is -2.11. The van der Waals surface area contributed by atoms with Gasteiger partial charge in [0.15, 0.2) is 23.9 Å². The first-order chi connectivity index (χ1) is 9.72. The number of hydrogen-bond acceptors (Lipinski definition) is 4. The molecule has 1 aliphatic heterocycles. The molecule has 1 heterocycles. The molecule has 2 aromatic rings. The predicted molar refractivity (Wildman–Crippen MR) is 73.6 cm³/mol. The largest absolute Gasteiger partial charge is 0.485 e. The summed E-state index contributed by atoms with van der Waals surface area (Å²) >= 11 is 0. The summed E-state index contributed by atoms with van der Waals surface area (Å²) < 4.78 is 16.0. The van der Waals surface area contributed by atoms with Crippen LogP contribution in [0.15, 0.2) is 42.5 Å². The highest BCUT2D eigenvalue weighted by Crippen LogP contribution is 2.35. The van der Waals surface area contributed by atoms with E-state index in [0.717, 1.165) is 5.56 Å². The first-order valence-electron chi connectivity index (χ1n) is 6.35. The molecule has 0 fully saturated rings. The van der Waals surface area contributed by atoms with Crippen LogP contribution in [-0.4, -0.2) is 19.2 Å². The van der Waals surface area contributed by atoms with E-state index in [-0.39, 0.29) is 19.2 Å². The summed E-state index contributed by atoms with van der Waals surface area (Å²) in [6.45, 7) is 2.18. The summed E-state index contributed by atoms with van der Waals surface area (Å²) in [6.07, 6.45) is 0. The van der Waals surface area contributed by atoms with E-state index in [4.69, 9.17) is 14.2 Å². The van der Waals surface area contributed by atoms with Gasteiger partial charge in [0.1, 0.15) is 5.75 Å². The Morgan fingerprint density at radius 3 is 2.85 bits per heavy atom. The van der Waals surface area contributed by atoms with Gasteiger partial charge < -0.3 is 14.2 Å². The zero-order chi connectivity index (χ0) is 13.9. The summed E-state index contributed by atoms with van der Waals surface area (Å²) in [6, 6.07) is 12.7. The second-order valence-electron chi connectivity index (χ2n) is 4.60. The third-order valence-electron chi connectivity index (χ3n) is 3.05. The number of carbonyl (C=O) groups excluding carboxylic acids is 1. The van der Waals surface area contributed by atoms with Crippen molar-refractivity contribution in [2.45, 2.75) is 6.92 Å². The van der Waals surface area contributed by atoms with Crippen LogP contribution < -0.4 is 14.2 Å². The number of Topliss-reactive ketones (excluding diaryl/α,β-unsaturated/α-hetero) is 1. The van der Waals surface area contributed by atoms with Crippen LogP contribution >= 0.6 is 0 Å². The molecule has 4 heteroatoms. The zero-order valence-electron chi connectivity index (χ0n) is 11.1. The second-order valence-corrected chi connectivity index (χ2v) is 4.60. The highest BCUT2D eigenvalue weighted by atomic mass is 16.7. The van der Waals surface area contributed by atoms with Gasteiger partial charge in [-0.1, -0.05) is 23.8 Å². The van der Waals surface area contributed by atoms with Crippen LogP contribution in [0.4, 0.5) is 0 Å². The fraction of sp³-hybridized carbons (Fsp3) is 0.188. The molecule has 0 aromatic heterocycles. The molecule has 2 aromatic carbocycles. The molecule has 0 radical (unpaired) electrons. The first-order valence-corrected chi connectivity index (χ1v) is 6.35. The molecular formula is C16H14O4. The molecule has 0 bridgehead atoms. The monoisotopic (exact) mass is 270 g/mol. The van der Waals surface area contributed by atoms with Crippen molar-refractivity contribution >= 4 is 5.78 Å². The van der Waals surface area contributed by atoms with Gasteiger partial charge >= 0.3 is 0 Å². The van der Waals surface area contributed by atoms with Gasteiger partial charge in [-0.15, -0.1) is 0 Å². The average molecular weight is 270 g/mol. The van der Waals surface area contributed by atoms with Gasteiger partial charge in [-0.25, -0.2) is 0 Å². The quantitative estimate of drug-likeness (QED) is 0.801. The average Bonchev–Trinajstić information content (AvgIpc) is 2.92. The van der Waals surface area contributed by atoms with E-state index < -0.39 is 0 Å². The highest BCUT2D eigenvalue weighted by molar-refractivity contribution is 5.97. The Balaban J connectivity index is 1.66. The van der Waals surface area contributed by atoms with Crippen molar-refractivity contribution < 1.29 is 19.0 Å². The maximum absolute atomic E-state index is 12.0. The minimum atomic E-state index is -0.0497. The summed E-state index contributed by atoms with van der Waals surface area (Å²) in [7, 11) is 0. The molecule has 3 rings (SSSR count). The lowest BCUT2D eigenvalue weighted by atomic mass is 10.1. The normalized spacial score (nSPS) is 12.2. The lowest BCUT2D eigenvalue weighted by Gasteiger charge is -2.06. The number of fused-ring (bicyclic) bond motifs is 1. The van der Waals surface area contributed by atoms with E-state index in [1.165, 1.54) is 0 Å². The topological polar surface area (TPSA) is 44.8 Å². The first kappa shape index (κ1) is 12.5. The van der Waals surface area contributed by atoms with E-state index in [1.807, 2.05) is 25.1 Å². The standard InChI is InChI=1S/C16H14O4/c1-11-3-2-4-12(7-11)14(17)9-18-13-5-6-15-16(8-13)20-10-19-15/h2-8H,9-10H2,1H3. The number of ether oxygens (including phenoxy) is 3. The number of rotatable bonds is 4. The summed E-state index contributed by atoms with van der Waals surface area (Å²) in [5, 5.41) is 0. The van der Waals surface area contributed by atoms with Crippen molar-refractivity contribution in [2.24, 2.45) is 0 Å². The van der Waals surface area contributed by atoms with Crippen LogP contribution in [0.5, 0.6) is 17.2 Å². The Kier molecular flexibility index (Phi) is 3.29. The molecule has 0 N–H and O–H groups in total. The molecule has 1 aliphatic rings. The van der Waals surface area contributed by atoms with Gasteiger partial charge in [0.05, 0.1) is 0 Å². The van der Waals surface area contributed by atoms with E-state index in [9.17, 15) is 4.79 Å². The van der Waals surface area contributed by atoms with Crippen molar-refractivity contribution in [3.8, 4) is 17.2 Å². The maximum Gasteiger partial charge on any atom is 0.231 e. The SMILES string of the molecule is Cc1cccc(C(=O)COc2ccc3c(c2)OCO3)c1. The molecule has 0 unspecified atom stereocenters. The highest BCUT2D eigenvalue weighted by Gasteiger charge is 2.14. The Bertz CT molecular complexity index is 649. The molecule has 0 saturated heterocycles. The molecule has 4 nitrogen and oxygen atoms in total. The van der Waals surface area contributed by atoms with Crippen LogP contribution in [0.1, 0.15) is 15.9 Å². The van der Waals surface area contributed by atoms with E-state index in [2.05, 4.69) is 0 Å². The molecular weight excluding hydrogens is 256 g/mol. The van der Waals surface area contributed by atoms with Gasteiger partial charge in [0.25, 0.3) is 0 Å². The number of benzene rings is 2. The Hall–Kier alpha value is -2.49. The van der Waals surface area contributed by atoms with Gasteiger partial charge in [0, 0.05) is 11.6 Å². The lowest BCUT2D eigenvalue weighted by molar-refractivity contribution is 0.0921. The van der Waals surface area contributed by atoms with E-state index >= 15 is 0 Å². The minimum Gasteiger partial charge on any atom is -0.485 e. The maximum atomic E-state index is 12.0. The number of carbonyl (C=O) groups is 1. The Morgan fingerprint density at radius 2 is 2.00 bits per heavy atom. The zero-order valence-corrected chi connectivity index (χ0v) is 11.1. The van der Waals surface area contributed by atoms with Crippen LogP contribution in [0, 0.1) is 6.92 Å². The van der Waals surface area contributed by atoms with Crippen molar-refractivity contribution in [3.63, 3.8) is 0 Å². The fourth-order valence-corrected chi connectivity index (χ4v) is 2.02. The smallest absolute Gasteiger partial charge is 0.231 e. The van der Waals surface area contributed by atoms with Crippen molar-refractivity contribution in [1.82, 2.24) is 0 Å². The third-order valence-corrected chi connectivity index (χ3v) is 3.05. The van der Waals surface area contributed by atoms with E-state index in [0.29, 0.717) is 22.8 Å². The third kappa shape index (κ3) is 2.59. The van der Waals surface area contributed by atoms with Crippen LogP contribution in [0.25, 0.3) is 0 Å². The minimum absolute atomic E-state index is 0.00307. The number of hydrogen-bond donors (Lipinski definition) is 0. The van der Waals surface area contributed by atoms with Gasteiger partial charge in [-0.2, -0.15) is 0 Å². The summed E-state index contributed by atoms with van der Waals surface area (Å²) in [5.74, 6) is 1.88. The second kappa shape index (κ2) is 5.25. The number of aryl methyl sites for hydroxylation is 1. The molecule has 0 spiro atoms. The number of ketones is 1. The summed E-state index contributed by atoms with van der Waals surface area (Å²) in [5.41, 5.74) is 1.71. The fourth-order valence-electron chi connectivity index (χ4n) is 2.02. The molecule has 0 amide bonds. The molecule has 20 heavy (non-hydrogen) atoms. The predicted octanol–water partition coefficient (Wildman–Crippen LogP) is 2.99. The van der Waals surface area contributed by atoms with Gasteiger partial charge in [-0.3, -0.25) is 4.79 Å².